The number of benzene rings is 4. The van der Waals surface area contributed by atoms with Crippen molar-refractivity contribution in [3.8, 4) is 60.5 Å². The smallest absolute Gasteiger partial charge is 0.0477 e. The molecule has 0 nitrogen and oxygen atoms in total. The zero-order valence-corrected chi connectivity index (χ0v) is 15.1. The Labute approximate surface area is 165 Å². The lowest BCUT2D eigenvalue weighted by Gasteiger charge is -2.13. The lowest BCUT2D eigenvalue weighted by atomic mass is 9.89. The zero-order chi connectivity index (χ0) is 19.7. The van der Waals surface area contributed by atoms with E-state index in [4.69, 9.17) is 25.7 Å². The van der Waals surface area contributed by atoms with Gasteiger partial charge in [-0.1, -0.05) is 72.2 Å². The first-order valence-corrected chi connectivity index (χ1v) is 8.71. The van der Waals surface area contributed by atoms with Gasteiger partial charge in [0.2, 0.25) is 0 Å². The summed E-state index contributed by atoms with van der Waals surface area (Å²) in [7, 11) is 0. The zero-order valence-electron chi connectivity index (χ0n) is 15.1. The van der Waals surface area contributed by atoms with E-state index < -0.39 is 0 Å². The van der Waals surface area contributed by atoms with E-state index >= 15 is 0 Å². The quantitative estimate of drug-likeness (QED) is 0.393. The average Bonchev–Trinajstić information content (AvgIpc) is 2.76. The van der Waals surface area contributed by atoms with Gasteiger partial charge in [0.15, 0.2) is 0 Å². The molecule has 0 amide bonds. The van der Waals surface area contributed by atoms with Crippen LogP contribution in [0.1, 0.15) is 22.3 Å². The van der Waals surface area contributed by atoms with E-state index in [-0.39, 0.29) is 0 Å². The molecule has 0 heteroatoms. The van der Waals surface area contributed by atoms with Gasteiger partial charge in [-0.25, -0.2) is 0 Å². The summed E-state index contributed by atoms with van der Waals surface area (Å²) < 4.78 is 0. The van der Waals surface area contributed by atoms with Crippen LogP contribution < -0.4 is 0 Å². The minimum absolute atomic E-state index is 0.721. The molecule has 0 saturated heterocycles. The summed E-state index contributed by atoms with van der Waals surface area (Å²) in [5.74, 6) is 10.8. The van der Waals surface area contributed by atoms with Crippen LogP contribution in [-0.2, 0) is 0 Å². The summed E-state index contributed by atoms with van der Waals surface area (Å²) in [5.41, 5.74) is 5.05. The van der Waals surface area contributed by atoms with Crippen molar-refractivity contribution in [2.75, 3.05) is 0 Å². The topological polar surface area (TPSA) is 0 Å². The SMILES string of the molecule is C#Cc1ccc2c(-c3cccc4c(C#C)c(C#C)ccc34)cccc2c1C#C. The highest BCUT2D eigenvalue weighted by Gasteiger charge is 2.13. The molecule has 0 heterocycles. The van der Waals surface area contributed by atoms with Gasteiger partial charge in [0.1, 0.15) is 0 Å². The summed E-state index contributed by atoms with van der Waals surface area (Å²) in [6.07, 6.45) is 22.7. The second kappa shape index (κ2) is 6.75. The fraction of sp³-hybridized carbons (Fsp3) is 0. The standard InChI is InChI=1S/C28H14/c1-5-19-15-17-27-23(21(19)7-3)11-9-13-25(27)26-14-10-12-24-22(8-4)20(6-2)16-18-28(24)26/h1-4,9-18H. The molecule has 0 saturated carbocycles. The van der Waals surface area contributed by atoms with Crippen molar-refractivity contribution in [1.29, 1.82) is 0 Å². The summed E-state index contributed by atoms with van der Waals surface area (Å²) in [6, 6.07) is 20.0. The van der Waals surface area contributed by atoms with Gasteiger partial charge < -0.3 is 0 Å². The number of rotatable bonds is 1. The highest BCUT2D eigenvalue weighted by atomic mass is 14.2. The van der Waals surface area contributed by atoms with Crippen molar-refractivity contribution < 1.29 is 0 Å². The molecule has 126 valence electrons. The molecule has 0 aliphatic heterocycles. The number of hydrogen-bond acceptors (Lipinski definition) is 0. The summed E-state index contributed by atoms with van der Waals surface area (Å²) in [4.78, 5) is 0. The predicted molar refractivity (Wildman–Crippen MR) is 119 cm³/mol. The Bertz CT molecular complexity index is 1320. The lowest BCUT2D eigenvalue weighted by Crippen LogP contribution is -1.91. The Morgan fingerprint density at radius 2 is 0.857 bits per heavy atom. The van der Waals surface area contributed by atoms with Gasteiger partial charge in [0.25, 0.3) is 0 Å². The maximum absolute atomic E-state index is 5.75. The van der Waals surface area contributed by atoms with Crippen molar-refractivity contribution in [2.24, 2.45) is 0 Å². The summed E-state index contributed by atoms with van der Waals surface area (Å²) in [6.45, 7) is 0. The van der Waals surface area contributed by atoms with E-state index in [2.05, 4.69) is 35.8 Å². The first kappa shape index (κ1) is 17.1. The molecule has 0 fully saturated rings. The minimum Gasteiger partial charge on any atom is -0.115 e. The van der Waals surface area contributed by atoms with Crippen LogP contribution in [0.5, 0.6) is 0 Å². The molecule has 0 aromatic heterocycles. The fourth-order valence-electron chi connectivity index (χ4n) is 3.74. The molecule has 4 aromatic rings. The van der Waals surface area contributed by atoms with Gasteiger partial charge >= 0.3 is 0 Å². The Morgan fingerprint density at radius 3 is 1.21 bits per heavy atom. The fourth-order valence-corrected chi connectivity index (χ4v) is 3.74. The van der Waals surface area contributed by atoms with Crippen LogP contribution >= 0.6 is 0 Å². The van der Waals surface area contributed by atoms with Crippen molar-refractivity contribution in [3.05, 3.63) is 82.9 Å². The maximum atomic E-state index is 5.75. The Morgan fingerprint density at radius 1 is 0.429 bits per heavy atom. The van der Waals surface area contributed by atoms with E-state index in [1.807, 2.05) is 48.5 Å². The van der Waals surface area contributed by atoms with Crippen molar-refractivity contribution in [1.82, 2.24) is 0 Å². The van der Waals surface area contributed by atoms with Crippen LogP contribution in [0.3, 0.4) is 0 Å². The van der Waals surface area contributed by atoms with Gasteiger partial charge in [0, 0.05) is 22.3 Å². The second-order valence-corrected chi connectivity index (χ2v) is 6.35. The highest BCUT2D eigenvalue weighted by Crippen LogP contribution is 2.36. The van der Waals surface area contributed by atoms with Crippen LogP contribution in [0, 0.1) is 49.4 Å². The van der Waals surface area contributed by atoms with Gasteiger partial charge in [-0.05, 0) is 44.8 Å². The molecule has 0 bridgehead atoms. The number of terminal acetylenes is 4. The highest BCUT2D eigenvalue weighted by molar-refractivity contribution is 6.08. The van der Waals surface area contributed by atoms with Crippen LogP contribution in [0.2, 0.25) is 0 Å². The molecule has 0 N–H and O–H groups in total. The lowest BCUT2D eigenvalue weighted by molar-refractivity contribution is 1.62. The molecule has 0 unspecified atom stereocenters. The number of hydrogen-bond donors (Lipinski definition) is 0. The van der Waals surface area contributed by atoms with E-state index in [0.717, 1.165) is 54.9 Å². The third-order valence-corrected chi connectivity index (χ3v) is 5.01. The molecule has 4 aromatic carbocycles. The third-order valence-electron chi connectivity index (χ3n) is 5.01. The van der Waals surface area contributed by atoms with Crippen LogP contribution in [-0.4, -0.2) is 0 Å². The molecule has 0 atom stereocenters. The van der Waals surface area contributed by atoms with Gasteiger partial charge in [-0.2, -0.15) is 0 Å². The largest absolute Gasteiger partial charge is 0.115 e. The minimum atomic E-state index is 0.721. The van der Waals surface area contributed by atoms with Crippen LogP contribution in [0.25, 0.3) is 32.7 Å². The molecule has 0 spiro atoms. The molecule has 4 rings (SSSR count). The van der Waals surface area contributed by atoms with Crippen LogP contribution in [0.4, 0.5) is 0 Å². The van der Waals surface area contributed by atoms with E-state index in [1.54, 1.807) is 0 Å². The van der Waals surface area contributed by atoms with Crippen molar-refractivity contribution >= 4 is 21.5 Å². The number of fused-ring (bicyclic) bond motifs is 2. The molecule has 0 aliphatic carbocycles. The first-order valence-electron chi connectivity index (χ1n) is 8.71. The van der Waals surface area contributed by atoms with Gasteiger partial charge in [-0.15, -0.1) is 25.7 Å². The predicted octanol–water partition coefficient (Wildman–Crippen LogP) is 5.59. The Balaban J connectivity index is 2.12. The molecular weight excluding hydrogens is 336 g/mol. The van der Waals surface area contributed by atoms with Gasteiger partial charge in [0.05, 0.1) is 0 Å². The summed E-state index contributed by atoms with van der Waals surface area (Å²) >= 11 is 0. The third kappa shape index (κ3) is 2.43. The van der Waals surface area contributed by atoms with E-state index in [1.165, 1.54) is 0 Å². The van der Waals surface area contributed by atoms with E-state index in [9.17, 15) is 0 Å². The van der Waals surface area contributed by atoms with Crippen LogP contribution in [0.15, 0.2) is 60.7 Å². The van der Waals surface area contributed by atoms with Gasteiger partial charge in [-0.3, -0.25) is 0 Å². The first-order chi connectivity index (χ1) is 13.7. The molecule has 0 aliphatic rings. The van der Waals surface area contributed by atoms with Crippen molar-refractivity contribution in [3.63, 3.8) is 0 Å². The Hall–Kier alpha value is -4.36. The summed E-state index contributed by atoms with van der Waals surface area (Å²) in [5, 5.41) is 4.02. The average molecular weight is 350 g/mol. The normalized spacial score (nSPS) is 10.0. The molecule has 0 radical (unpaired) electrons. The molecule has 28 heavy (non-hydrogen) atoms. The molecular formula is C28H14. The monoisotopic (exact) mass is 350 g/mol. The van der Waals surface area contributed by atoms with E-state index in [0.29, 0.717) is 0 Å². The maximum Gasteiger partial charge on any atom is 0.0477 e. The Kier molecular flexibility index (Phi) is 4.11. The van der Waals surface area contributed by atoms with Crippen molar-refractivity contribution in [2.45, 2.75) is 0 Å². The second-order valence-electron chi connectivity index (χ2n) is 6.35.